The molecule has 0 saturated carbocycles. The lowest BCUT2D eigenvalue weighted by Crippen LogP contribution is -2.64. The maximum Gasteiger partial charge on any atom is 0.353 e. The van der Waals surface area contributed by atoms with E-state index in [4.69, 9.17) is 9.66 Å². The number of aliphatic hydroxyl groups excluding tert-OH is 4. The van der Waals surface area contributed by atoms with E-state index in [-0.39, 0.29) is 187 Å². The Morgan fingerprint density at radius 3 is 1.46 bits per heavy atom. The Kier molecular flexibility index (Phi) is 28.5. The molecule has 6 fully saturated rings. The van der Waals surface area contributed by atoms with Crippen LogP contribution in [0, 0.1) is 47.3 Å². The molecule has 0 radical (unpaired) electrons. The highest BCUT2D eigenvalue weighted by Gasteiger charge is 2.64. The van der Waals surface area contributed by atoms with Crippen LogP contribution in [0.3, 0.4) is 0 Å². The number of hydrogen-bond donors (Lipinski definition) is 10. The number of β-lactam (4-membered cyclic amide) rings is 4. The molecule has 12 heterocycles. The summed E-state index contributed by atoms with van der Waals surface area (Å²) in [7, 11) is -3.17. The molecule has 11 aliphatic heterocycles. The van der Waals surface area contributed by atoms with Crippen LogP contribution in [0.25, 0.3) is 0 Å². The highest BCUT2D eigenvalue weighted by Crippen LogP contribution is 2.56. The van der Waals surface area contributed by atoms with E-state index in [1.54, 1.807) is 59.3 Å². The Morgan fingerprint density at radius 2 is 1.08 bits per heavy atom. The number of carboxylic acids is 3. The summed E-state index contributed by atoms with van der Waals surface area (Å²) in [6, 6.07) is -1.58. The normalized spacial score (nSPS) is 32.0. The van der Waals surface area contributed by atoms with Gasteiger partial charge in [0, 0.05) is 109 Å². The van der Waals surface area contributed by atoms with Gasteiger partial charge in [-0.15, -0.1) is 59.3 Å². The molecular weight excluding hydrogens is 1530 g/mol. The lowest BCUT2D eigenvalue weighted by atomic mass is 9.79. The minimum atomic E-state index is -3.76. The molecule has 1 aromatic heterocycles. The average molecular weight is 1630 g/mol. The van der Waals surface area contributed by atoms with Crippen molar-refractivity contribution in [1.82, 2.24) is 49.5 Å². The smallest absolute Gasteiger partial charge is 0.353 e. The van der Waals surface area contributed by atoms with E-state index in [0.29, 0.717) is 46.4 Å². The molecule has 101 heavy (non-hydrogen) atoms. The van der Waals surface area contributed by atoms with Crippen LogP contribution in [0.5, 0.6) is 0 Å². The Morgan fingerprint density at radius 1 is 0.693 bits per heavy atom. The quantitative estimate of drug-likeness (QED) is 0.0353. The number of carboxylic acid groups (broad SMARTS) is 3. The number of nitrogens with one attached hydrogen (secondary N) is 3. The Hall–Kier alpha value is -5.03. The summed E-state index contributed by atoms with van der Waals surface area (Å²) >= 11 is 4.36. The fourth-order valence-corrected chi connectivity index (χ4v) is 20.9. The number of halogens is 1. The first-order valence-electron chi connectivity index (χ1n) is 31.9. The number of amides is 5. The first kappa shape index (κ1) is 86.6. The fourth-order valence-electron chi connectivity index (χ4n) is 15.3. The van der Waals surface area contributed by atoms with Crippen LogP contribution in [0.1, 0.15) is 97.4 Å². The fraction of sp³-hybridized carbons (Fsp3) is 0.698. The molecule has 11 N–H and O–H groups in total. The standard InChI is InChI=1S/C17H25N3O5S.C15H24N4O6S2.C15H18N4O4S.C13H20NO5P.3CH4.HI/c1-7-12-11(8(2)21)16(23)20(12)13(17(24)25)14(7)26-9-5-10(18-6-9)15(22)19(3)4;1-6-11-10(7(2)20)14(21)19(11)12(15(22)23)13(6)26-9-3-8(17-5-9)4-18-27(16,24)25;1-7-11-10(8(2)20)14(21)19(11)12(15(22)23)13(7)24-9-3-17-5-16-6-18(17)4-9;1-6-10-9(7(2)15)13(17)14(10)11(8(3)16)12(6)19-20(4,5)18;;;;/h7-12,18,21H,5-6H2,1-4H3,(H,24,25);6-11,17-18,20H,3-5H2,1-2H3,(H,22,23)(H2,16,24,25);5-11,20H,3-4H2,1-2H3;6-7,9-10,15H,1-5H3;3*1H4;1H/t7-,8-,9+,10+,11-,12-;6-,7-,8+,9+,10-,11-;7-,8-,10-,11-;6-,7-,9-,10-;;;;/m1111..../s1. The molecule has 6 saturated heterocycles. The maximum atomic E-state index is 12.3. The molecule has 11 aliphatic rings. The van der Waals surface area contributed by atoms with Crippen molar-refractivity contribution in [1.29, 1.82) is 0 Å². The molecule has 1 aromatic rings. The van der Waals surface area contributed by atoms with Crippen LogP contribution < -0.4 is 30.3 Å². The number of aromatic nitrogens is 3. The molecular formula is C63H100IN12O20PS4. The molecule has 20 atom stereocenters. The molecule has 12 rings (SSSR count). The zero-order valence-electron chi connectivity index (χ0n) is 56.3. The minimum absolute atomic E-state index is 0. The van der Waals surface area contributed by atoms with Crippen LogP contribution in [-0.2, 0) is 75.5 Å². The van der Waals surface area contributed by atoms with E-state index in [1.807, 2.05) is 37.1 Å². The van der Waals surface area contributed by atoms with Crippen LogP contribution in [0.15, 0.2) is 55.9 Å². The number of ketones is 1. The average Bonchev–Trinajstić information content (AvgIpc) is 1.59. The van der Waals surface area contributed by atoms with Crippen molar-refractivity contribution in [3.63, 3.8) is 0 Å². The lowest BCUT2D eigenvalue weighted by Gasteiger charge is -2.47. The van der Waals surface area contributed by atoms with Gasteiger partial charge in [-0.25, -0.2) is 19.5 Å². The van der Waals surface area contributed by atoms with Gasteiger partial charge in [0.25, 0.3) is 10.2 Å². The summed E-state index contributed by atoms with van der Waals surface area (Å²) in [5, 5.41) is 81.8. The van der Waals surface area contributed by atoms with Gasteiger partial charge in [-0.2, -0.15) is 17.8 Å². The number of thioether (sulfide) groups is 3. The van der Waals surface area contributed by atoms with Gasteiger partial charge in [0.15, 0.2) is 5.78 Å². The molecule has 0 bridgehead atoms. The van der Waals surface area contributed by atoms with Crippen molar-refractivity contribution < 1.29 is 101 Å². The summed E-state index contributed by atoms with van der Waals surface area (Å²) in [6.07, 6.45) is 1.53. The lowest BCUT2D eigenvalue weighted by molar-refractivity contribution is -0.758. The molecule has 0 unspecified atom stereocenters. The second kappa shape index (κ2) is 33.2. The van der Waals surface area contributed by atoms with E-state index in [2.05, 4.69) is 20.3 Å². The zero-order chi connectivity index (χ0) is 72.0. The summed E-state index contributed by atoms with van der Waals surface area (Å²) in [4.78, 5) is 121. The van der Waals surface area contributed by atoms with Crippen LogP contribution in [-0.4, -0.2) is 250 Å². The first-order valence-corrected chi connectivity index (χ1v) is 38.6. The third-order valence-corrected chi connectivity index (χ3v) is 25.3. The predicted octanol–water partition coefficient (Wildman–Crippen LogP) is -0.0810. The molecule has 0 aromatic carbocycles. The second-order valence-corrected chi connectivity index (χ2v) is 35.3. The summed E-state index contributed by atoms with van der Waals surface area (Å²) < 4.78 is 45.6. The van der Waals surface area contributed by atoms with E-state index in [0.717, 1.165) is 13.1 Å². The van der Waals surface area contributed by atoms with Crippen LogP contribution >= 0.6 is 66.6 Å². The Bertz CT molecular complexity index is 3690. The number of likely N-dealkylation sites (N-methyl/N-ethyl adjacent to an activating group) is 1. The number of rotatable bonds is 20. The molecule has 38 heteroatoms. The SMILES string of the molecule is C.C.C.CC(=O)C1=C(OP(C)(C)=O)[C@H](C)[C@@H]2[C@@H]([C@@H](C)O)C(=O)N12.C[C@@H](O)[C@H]1C(=O)N2C(C(=O)O)=C(S[C@@H]3CN[C@H](C(=O)N(C)C)C3)[C@H](C)[C@H]12.C[C@@H](O)[C@H]1C(=O)N2C(C(=O)O)=C(S[C@@H]3CN[C@H](CNS(N)(=O)=O)C3)[C@H](C)[C@H]12.C[C@@H](O)[C@H]1C(=O)N2C(C(=O)[O-])=C(SC3Cn4cnc[n+]4C3)[C@H](C)[C@H]12.I. The molecule has 5 amide bonds. The first-order chi connectivity index (χ1) is 45.1. The van der Waals surface area contributed by atoms with Crippen molar-refractivity contribution in [2.45, 2.75) is 187 Å². The number of nitrogens with two attached hydrogens (primary N) is 1. The summed E-state index contributed by atoms with van der Waals surface area (Å²) in [6.45, 7) is 20.9. The summed E-state index contributed by atoms with van der Waals surface area (Å²) in [5.41, 5.74) is 0.217. The third kappa shape index (κ3) is 16.7. The Balaban J connectivity index is 0.000000241. The van der Waals surface area contributed by atoms with E-state index in [1.165, 1.54) is 75.1 Å². The van der Waals surface area contributed by atoms with Crippen molar-refractivity contribution in [3.05, 3.63) is 55.9 Å². The largest absolute Gasteiger partial charge is 0.543 e. The highest BCUT2D eigenvalue weighted by molar-refractivity contribution is 14.0. The van der Waals surface area contributed by atoms with Crippen LogP contribution in [0.2, 0.25) is 0 Å². The highest BCUT2D eigenvalue weighted by atomic mass is 127. The number of nitrogens with zero attached hydrogens (tertiary/aromatic N) is 8. The van der Waals surface area contributed by atoms with Crippen LogP contribution in [0.4, 0.5) is 0 Å². The number of aliphatic carboxylic acids is 3. The van der Waals surface area contributed by atoms with Crippen molar-refractivity contribution in [2.24, 2.45) is 52.5 Å². The van der Waals surface area contributed by atoms with Gasteiger partial charge >= 0.3 is 18.3 Å². The number of allylic oxidation sites excluding steroid dienone is 1. The molecule has 568 valence electrons. The maximum absolute atomic E-state index is 12.3. The Labute approximate surface area is 619 Å². The number of fused-ring (bicyclic) bond motifs is 5. The van der Waals surface area contributed by atoms with Crippen molar-refractivity contribution in [3.8, 4) is 0 Å². The molecule has 0 spiro atoms. The zero-order valence-corrected chi connectivity index (χ0v) is 62.8. The second-order valence-electron chi connectivity index (χ2n) is 27.2. The van der Waals surface area contributed by atoms with Gasteiger partial charge in [-0.1, -0.05) is 50.0 Å². The third-order valence-electron chi connectivity index (χ3n) is 19.6. The summed E-state index contributed by atoms with van der Waals surface area (Å²) in [5.74, 6) is -7.75. The number of carbonyl (C=O) groups excluding carboxylic acids is 7. The van der Waals surface area contributed by atoms with Gasteiger partial charge in [-0.05, 0) is 45.5 Å². The predicted molar refractivity (Wildman–Crippen MR) is 384 cm³/mol. The monoisotopic (exact) mass is 1630 g/mol. The molecule has 0 aliphatic carbocycles. The van der Waals surface area contributed by atoms with Gasteiger partial charge in [0.1, 0.15) is 29.4 Å². The van der Waals surface area contributed by atoms with Gasteiger partial charge in [-0.3, -0.25) is 33.3 Å². The number of carbonyl (C=O) groups is 9. The number of Topliss-reactive ketones (excluding diaryl/α,β-unsaturated/α-hetero) is 1. The number of hydrogen-bond acceptors (Lipinski definition) is 24. The van der Waals surface area contributed by atoms with Crippen molar-refractivity contribution in [2.75, 3.05) is 47.1 Å². The van der Waals surface area contributed by atoms with Crippen molar-refractivity contribution >= 4 is 130 Å². The number of aliphatic hydroxyl groups is 4. The van der Waals surface area contributed by atoms with Gasteiger partial charge < -0.3 is 80.2 Å². The molecule has 32 nitrogen and oxygen atoms in total. The van der Waals surface area contributed by atoms with E-state index in [9.17, 15) is 91.9 Å². The topological polar surface area (TPSA) is 459 Å². The van der Waals surface area contributed by atoms with Gasteiger partial charge in [0.05, 0.1) is 102 Å². The minimum Gasteiger partial charge on any atom is -0.543 e. The van der Waals surface area contributed by atoms with E-state index >= 15 is 0 Å². The van der Waals surface area contributed by atoms with E-state index < -0.39 is 83.6 Å². The van der Waals surface area contributed by atoms with Gasteiger partial charge in [0.2, 0.25) is 43.2 Å².